The van der Waals surface area contributed by atoms with Crippen LogP contribution < -0.4 is 5.32 Å². The first-order valence-corrected chi connectivity index (χ1v) is 29.5. The van der Waals surface area contributed by atoms with Crippen LogP contribution in [0.1, 0.15) is 103 Å². The Balaban J connectivity index is 0.000000454. The fourth-order valence-corrected chi connectivity index (χ4v) is 8.24. The number of aromatic nitrogens is 3. The van der Waals surface area contributed by atoms with Crippen molar-refractivity contribution in [2.45, 2.75) is 103 Å². The Kier molecular flexibility index (Phi) is 40.6. The summed E-state index contributed by atoms with van der Waals surface area (Å²) in [6.45, 7) is 14.1. The highest BCUT2D eigenvalue weighted by Gasteiger charge is 2.24. The van der Waals surface area contributed by atoms with Crippen molar-refractivity contribution in [3.63, 3.8) is 0 Å². The standard InChI is InChI=1S/C6H9NO2.C6H11NO.C6H13N.C5H7NO2.C5H5NO2.C5H9NO.C5H11N.2C5H9N.C5H7N.C4H10N2.C4H6N2/c1-7-5(8)3-2-4-6(7)9;1-7-5-3-2-4-6(7)8;1-7-5-3-2-4-6-7;2*1-6-4(7)2-3-5(6)8;1-6-4-2-3-5(6)7;4*1-6-4-2-3-5-6;2*1-6-3-2-5-4-6/h2-4H2,1H3;2-5H2,1H3;2-6H2,1H3;2-3H2,1H3;2-3H,1H3;2-4H2,1H3;2-5H2,1H3;2,4H,3,5H2,1H3;2-3H,4-5H2,1H3;2-5H,1H3;5H,2-4H2,1H3;2-4H,1H3. The van der Waals surface area contributed by atoms with E-state index in [-0.39, 0.29) is 35.4 Å². The van der Waals surface area contributed by atoms with E-state index < -0.39 is 0 Å². The molecule has 0 atom stereocenters. The molecule has 10 aliphatic rings. The van der Waals surface area contributed by atoms with Gasteiger partial charge in [-0.3, -0.25) is 62.9 Å². The molecule has 1 N–H and O–H groups in total. The molecule has 0 bridgehead atoms. The van der Waals surface area contributed by atoms with Gasteiger partial charge in [-0.25, -0.2) is 4.98 Å². The normalized spacial score (nSPS) is 20.0. The van der Waals surface area contributed by atoms with Gasteiger partial charge >= 0.3 is 0 Å². The van der Waals surface area contributed by atoms with Crippen LogP contribution in [0.2, 0.25) is 0 Å². The van der Waals surface area contributed by atoms with Crippen LogP contribution in [-0.4, -0.2) is 260 Å². The number of aryl methyl sites for hydroxylation is 2. The molecule has 22 nitrogen and oxygen atoms in total. The number of piperidine rings is 3. The largest absolute Gasteiger partial charge is 0.380 e. The zero-order chi connectivity index (χ0) is 62.0. The second kappa shape index (κ2) is 45.1. The van der Waals surface area contributed by atoms with Gasteiger partial charge in [0.25, 0.3) is 11.8 Å². The SMILES string of the molecule is CN1C(=O)C=CC1=O.CN1C(=O)CCC1=O.CN1C(=O)CCCC1=O.CN1C=CCC1.CN1CC=CC1.CN1CCCC1.CN1CCCC1=O.CN1CCCCC1.CN1CCCCC1=O.CN1CCNC1.Cn1cccc1.Cn1ccnc1. The Labute approximate surface area is 498 Å². The highest BCUT2D eigenvalue weighted by molar-refractivity contribution is 6.12. The molecule has 2 aromatic heterocycles. The first kappa shape index (κ1) is 74.7. The molecule has 22 heteroatoms. The van der Waals surface area contributed by atoms with Crippen molar-refractivity contribution in [2.75, 3.05) is 149 Å². The first-order chi connectivity index (χ1) is 39.5. The van der Waals surface area contributed by atoms with Crippen LogP contribution in [0, 0.1) is 0 Å². The number of carbonyl (C=O) groups excluding carboxylic acids is 8. The Morgan fingerprint density at radius 1 is 0.398 bits per heavy atom. The Morgan fingerprint density at radius 3 is 1.05 bits per heavy atom. The topological polar surface area (TPSA) is 204 Å². The van der Waals surface area contributed by atoms with Gasteiger partial charge in [0.05, 0.1) is 6.33 Å². The summed E-state index contributed by atoms with van der Waals surface area (Å²) in [5.74, 6) is -0.108. The number of likely N-dealkylation sites (N-methyl/N-ethyl adjacent to an activating group) is 3. The number of imidazole rings is 1. The minimum Gasteiger partial charge on any atom is -0.380 e. The van der Waals surface area contributed by atoms with Crippen LogP contribution in [0.25, 0.3) is 0 Å². The molecule has 2 aromatic rings. The molecule has 8 amide bonds. The van der Waals surface area contributed by atoms with E-state index >= 15 is 0 Å². The second-order valence-corrected chi connectivity index (χ2v) is 21.8. The highest BCUT2D eigenvalue weighted by atomic mass is 16.2. The molecule has 0 spiro atoms. The molecule has 10 aliphatic heterocycles. The van der Waals surface area contributed by atoms with Crippen molar-refractivity contribution in [3.8, 4) is 0 Å². The molecule has 0 radical (unpaired) electrons. The number of carbonyl (C=O) groups is 8. The molecule has 83 heavy (non-hydrogen) atoms. The number of nitrogens with one attached hydrogen (secondary N) is 1. The number of likely N-dealkylation sites (tertiary alicyclic amines) is 6. The quantitative estimate of drug-likeness (QED) is 0.287. The Morgan fingerprint density at radius 2 is 0.855 bits per heavy atom. The average molecular weight is 1160 g/mol. The molecule has 0 aliphatic carbocycles. The minimum atomic E-state index is -0.241. The summed E-state index contributed by atoms with van der Waals surface area (Å²) in [6, 6.07) is 4.00. The third-order valence-corrected chi connectivity index (χ3v) is 14.1. The molecule has 468 valence electrons. The zero-order valence-corrected chi connectivity index (χ0v) is 52.9. The molecule has 12 rings (SSSR count). The summed E-state index contributed by atoms with van der Waals surface area (Å²) in [5.41, 5.74) is 0. The number of amides is 8. The van der Waals surface area contributed by atoms with Gasteiger partial charge in [0.1, 0.15) is 0 Å². The first-order valence-electron chi connectivity index (χ1n) is 29.5. The maximum Gasteiger partial charge on any atom is 0.253 e. The number of hydrogen-bond acceptors (Lipinski definition) is 15. The van der Waals surface area contributed by atoms with Gasteiger partial charge in [0.2, 0.25) is 35.4 Å². The number of imide groups is 3. The molecule has 0 aromatic carbocycles. The summed E-state index contributed by atoms with van der Waals surface area (Å²) in [5, 5.41) is 3.20. The molecule has 0 saturated carbocycles. The molecular weight excluding hydrogens is 1060 g/mol. The van der Waals surface area contributed by atoms with Crippen LogP contribution in [0.4, 0.5) is 0 Å². The van der Waals surface area contributed by atoms with Crippen molar-refractivity contribution in [1.82, 2.24) is 68.4 Å². The zero-order valence-electron chi connectivity index (χ0n) is 52.9. The third-order valence-electron chi connectivity index (χ3n) is 14.1. The Bertz CT molecular complexity index is 2110. The summed E-state index contributed by atoms with van der Waals surface area (Å²) >= 11 is 0. The summed E-state index contributed by atoms with van der Waals surface area (Å²) in [6.07, 6.45) is 36.3. The Hall–Kier alpha value is -6.33. The van der Waals surface area contributed by atoms with E-state index in [0.29, 0.717) is 37.5 Å². The van der Waals surface area contributed by atoms with E-state index in [9.17, 15) is 38.4 Å². The van der Waals surface area contributed by atoms with E-state index in [2.05, 4.69) is 94.5 Å². The van der Waals surface area contributed by atoms with Crippen LogP contribution in [0.5, 0.6) is 0 Å². The minimum absolute atomic E-state index is 0.0498. The average Bonchev–Trinajstić information content (AvgIpc) is 4.33. The van der Waals surface area contributed by atoms with Crippen molar-refractivity contribution in [2.24, 2.45) is 14.1 Å². The van der Waals surface area contributed by atoms with Gasteiger partial charge in [-0.1, -0.05) is 24.6 Å². The van der Waals surface area contributed by atoms with E-state index in [1.54, 1.807) is 22.3 Å². The molecule has 7 saturated heterocycles. The van der Waals surface area contributed by atoms with Gasteiger partial charge in [-0.2, -0.15) is 0 Å². The van der Waals surface area contributed by atoms with Crippen LogP contribution in [0.15, 0.2) is 79.8 Å². The fourth-order valence-electron chi connectivity index (χ4n) is 8.24. The number of rotatable bonds is 0. The van der Waals surface area contributed by atoms with Gasteiger partial charge < -0.3 is 39.0 Å². The van der Waals surface area contributed by atoms with Gasteiger partial charge in [0, 0.05) is 184 Å². The maximum atomic E-state index is 10.7. The maximum absolute atomic E-state index is 10.7. The molecule has 12 heterocycles. The van der Waals surface area contributed by atoms with Crippen LogP contribution in [-0.2, 0) is 52.5 Å². The van der Waals surface area contributed by atoms with Crippen molar-refractivity contribution in [3.05, 3.63) is 79.8 Å². The summed E-state index contributed by atoms with van der Waals surface area (Å²) in [4.78, 5) is 107. The predicted octanol–water partition coefficient (Wildman–Crippen LogP) is 4.39. The third kappa shape index (κ3) is 37.5. The van der Waals surface area contributed by atoms with E-state index in [0.717, 1.165) is 76.4 Å². The lowest BCUT2D eigenvalue weighted by molar-refractivity contribution is -0.146. The van der Waals surface area contributed by atoms with E-state index in [4.69, 9.17) is 0 Å². The second-order valence-electron chi connectivity index (χ2n) is 21.8. The molecule has 7 fully saturated rings. The lowest BCUT2D eigenvalue weighted by atomic mass is 10.1. The lowest BCUT2D eigenvalue weighted by Gasteiger charge is -2.21. The number of nitrogens with zero attached hydrogens (tertiary/aromatic N) is 13. The fraction of sp³-hybridized carbons (Fsp3) is 0.656. The smallest absolute Gasteiger partial charge is 0.253 e. The summed E-state index contributed by atoms with van der Waals surface area (Å²) < 4.78 is 3.89. The van der Waals surface area contributed by atoms with E-state index in [1.165, 1.54) is 127 Å². The molecule has 0 unspecified atom stereocenters. The van der Waals surface area contributed by atoms with Crippen molar-refractivity contribution in [1.29, 1.82) is 0 Å². The van der Waals surface area contributed by atoms with Gasteiger partial charge in [-0.15, -0.1) is 0 Å². The van der Waals surface area contributed by atoms with Gasteiger partial charge in [0.15, 0.2) is 0 Å². The van der Waals surface area contributed by atoms with Gasteiger partial charge in [-0.05, 0) is 130 Å². The van der Waals surface area contributed by atoms with E-state index in [1.807, 2.05) is 68.0 Å². The molecular formula is C61H106N14O8. The monoisotopic (exact) mass is 1160 g/mol. The highest BCUT2D eigenvalue weighted by Crippen LogP contribution is 2.10. The predicted molar refractivity (Wildman–Crippen MR) is 329 cm³/mol. The van der Waals surface area contributed by atoms with Crippen LogP contribution in [0.3, 0.4) is 0 Å². The lowest BCUT2D eigenvalue weighted by Crippen LogP contribution is -2.36. The number of hydrogen-bond donors (Lipinski definition) is 1. The van der Waals surface area contributed by atoms with Crippen LogP contribution >= 0.6 is 0 Å². The summed E-state index contributed by atoms with van der Waals surface area (Å²) in [7, 11) is 22.8. The van der Waals surface area contributed by atoms with Crippen molar-refractivity contribution >= 4 is 47.3 Å². The van der Waals surface area contributed by atoms with Crippen molar-refractivity contribution < 1.29 is 38.4 Å².